The van der Waals surface area contributed by atoms with Crippen molar-refractivity contribution in [1.29, 1.82) is 0 Å². The highest BCUT2D eigenvalue weighted by molar-refractivity contribution is 7.89. The lowest BCUT2D eigenvalue weighted by Gasteiger charge is -2.18. The van der Waals surface area contributed by atoms with Crippen LogP contribution in [0.15, 0.2) is 47.4 Å². The van der Waals surface area contributed by atoms with E-state index in [4.69, 9.17) is 0 Å². The fraction of sp³-hybridized carbons (Fsp3) is 0.350. The van der Waals surface area contributed by atoms with Crippen molar-refractivity contribution in [2.45, 2.75) is 38.4 Å². The Kier molecular flexibility index (Phi) is 5.94. The van der Waals surface area contributed by atoms with E-state index in [0.29, 0.717) is 18.7 Å². The molecule has 0 bridgehead atoms. The molecule has 27 heavy (non-hydrogen) atoms. The number of fused-ring (bicyclic) bond motifs is 1. The van der Waals surface area contributed by atoms with Crippen molar-refractivity contribution < 1.29 is 13.2 Å². The van der Waals surface area contributed by atoms with Crippen LogP contribution in [0.25, 0.3) is 0 Å². The molecule has 0 aliphatic carbocycles. The zero-order valence-electron chi connectivity index (χ0n) is 15.7. The third-order valence-electron chi connectivity index (χ3n) is 4.83. The normalized spacial score (nSPS) is 13.4. The maximum atomic E-state index is 12.5. The molecule has 0 saturated heterocycles. The molecule has 1 aliphatic heterocycles. The van der Waals surface area contributed by atoms with Crippen molar-refractivity contribution >= 4 is 15.9 Å². The molecule has 0 saturated carbocycles. The first kappa shape index (κ1) is 19.5. The number of sulfonamides is 1. The maximum Gasteiger partial charge on any atom is 0.253 e. The number of nitrogens with zero attached hydrogens (tertiary/aromatic N) is 1. The monoisotopic (exact) mass is 387 g/mol. The molecule has 3 rings (SSSR count). The molecule has 1 aliphatic rings. The number of hydrogen-bond acceptors (Lipinski definition) is 4. The summed E-state index contributed by atoms with van der Waals surface area (Å²) in [4.78, 5) is 14.2. The number of carbonyl (C=O) groups is 1. The van der Waals surface area contributed by atoms with Crippen molar-refractivity contribution in [2.24, 2.45) is 0 Å². The third-order valence-corrected chi connectivity index (χ3v) is 6.25. The predicted molar refractivity (Wildman–Crippen MR) is 105 cm³/mol. The van der Waals surface area contributed by atoms with E-state index in [1.54, 1.807) is 17.0 Å². The van der Waals surface area contributed by atoms with Gasteiger partial charge in [-0.15, -0.1) is 0 Å². The van der Waals surface area contributed by atoms with Crippen LogP contribution in [-0.4, -0.2) is 32.3 Å². The Labute approximate surface area is 160 Å². The van der Waals surface area contributed by atoms with Crippen molar-refractivity contribution in [2.75, 3.05) is 13.1 Å². The Morgan fingerprint density at radius 1 is 1.04 bits per heavy atom. The van der Waals surface area contributed by atoms with E-state index in [-0.39, 0.29) is 17.3 Å². The van der Waals surface area contributed by atoms with E-state index in [0.717, 1.165) is 18.7 Å². The van der Waals surface area contributed by atoms with Crippen molar-refractivity contribution in [3.63, 3.8) is 0 Å². The molecule has 1 heterocycles. The Hall–Kier alpha value is -2.22. The second kappa shape index (κ2) is 8.21. The molecule has 2 aromatic rings. The minimum atomic E-state index is -3.64. The van der Waals surface area contributed by atoms with Crippen LogP contribution in [0.5, 0.6) is 0 Å². The second-order valence-corrected chi connectivity index (χ2v) is 8.30. The molecule has 0 unspecified atom stereocenters. The lowest BCUT2D eigenvalue weighted by molar-refractivity contribution is 0.0773. The Morgan fingerprint density at radius 2 is 1.70 bits per heavy atom. The Bertz CT molecular complexity index is 920. The van der Waals surface area contributed by atoms with Crippen LogP contribution >= 0.6 is 0 Å². The molecule has 0 aromatic heterocycles. The standard InChI is InChI=1S/C20H25N3O3S/c1-3-23(4-2)20(24)16-7-9-19(10-8-16)27(25,26)22-12-15-5-6-17-13-21-14-18(17)11-15/h5-11,21-22H,3-4,12-14H2,1-2H3. The van der Waals surface area contributed by atoms with E-state index >= 15 is 0 Å². The first-order chi connectivity index (χ1) is 12.9. The number of rotatable bonds is 7. The topological polar surface area (TPSA) is 78.5 Å². The molecule has 0 atom stereocenters. The van der Waals surface area contributed by atoms with Gasteiger partial charge < -0.3 is 10.2 Å². The van der Waals surface area contributed by atoms with Crippen molar-refractivity contribution in [3.8, 4) is 0 Å². The first-order valence-electron chi connectivity index (χ1n) is 9.15. The van der Waals surface area contributed by atoms with Gasteiger partial charge in [-0.1, -0.05) is 18.2 Å². The molecule has 1 amide bonds. The molecule has 2 aromatic carbocycles. The summed E-state index contributed by atoms with van der Waals surface area (Å²) in [5, 5.41) is 3.27. The van der Waals surface area contributed by atoms with Gasteiger partial charge in [0.1, 0.15) is 0 Å². The largest absolute Gasteiger partial charge is 0.339 e. The molecular formula is C20H25N3O3S. The van der Waals surface area contributed by atoms with Gasteiger partial charge in [0.15, 0.2) is 0 Å². The molecule has 144 valence electrons. The highest BCUT2D eigenvalue weighted by Gasteiger charge is 2.17. The summed E-state index contributed by atoms with van der Waals surface area (Å²) in [5.41, 5.74) is 3.89. The van der Waals surface area contributed by atoms with E-state index in [1.807, 2.05) is 32.0 Å². The van der Waals surface area contributed by atoms with E-state index in [1.165, 1.54) is 23.3 Å². The lowest BCUT2D eigenvalue weighted by atomic mass is 10.1. The van der Waals surface area contributed by atoms with Gasteiger partial charge in [0.05, 0.1) is 4.90 Å². The number of nitrogens with one attached hydrogen (secondary N) is 2. The molecule has 2 N–H and O–H groups in total. The smallest absolute Gasteiger partial charge is 0.253 e. The summed E-state index contributed by atoms with van der Waals surface area (Å²) in [6.07, 6.45) is 0. The van der Waals surface area contributed by atoms with Gasteiger partial charge in [0, 0.05) is 38.3 Å². The summed E-state index contributed by atoms with van der Waals surface area (Å²) in [5.74, 6) is -0.0938. The van der Waals surface area contributed by atoms with Crippen LogP contribution in [0.1, 0.15) is 40.9 Å². The van der Waals surface area contributed by atoms with Gasteiger partial charge in [0.2, 0.25) is 10.0 Å². The van der Waals surface area contributed by atoms with Gasteiger partial charge >= 0.3 is 0 Å². The van der Waals surface area contributed by atoms with E-state index in [9.17, 15) is 13.2 Å². The van der Waals surface area contributed by atoms with Crippen LogP contribution in [0.4, 0.5) is 0 Å². The Balaban J connectivity index is 1.68. The minimum Gasteiger partial charge on any atom is -0.339 e. The van der Waals surface area contributed by atoms with Crippen molar-refractivity contribution in [1.82, 2.24) is 14.9 Å². The van der Waals surface area contributed by atoms with Crippen molar-refractivity contribution in [3.05, 3.63) is 64.7 Å². The number of carbonyl (C=O) groups excluding carboxylic acids is 1. The van der Waals surface area contributed by atoms with Crippen LogP contribution in [0.3, 0.4) is 0 Å². The van der Waals surface area contributed by atoms with Crippen LogP contribution < -0.4 is 10.0 Å². The molecule has 0 radical (unpaired) electrons. The highest BCUT2D eigenvalue weighted by Crippen LogP contribution is 2.18. The average Bonchev–Trinajstić information content (AvgIpc) is 3.15. The second-order valence-electron chi connectivity index (χ2n) is 6.53. The number of benzene rings is 2. The van der Waals surface area contributed by atoms with E-state index < -0.39 is 10.0 Å². The summed E-state index contributed by atoms with van der Waals surface area (Å²) < 4.78 is 27.7. The number of hydrogen-bond donors (Lipinski definition) is 2. The average molecular weight is 388 g/mol. The molecule has 0 fully saturated rings. The highest BCUT2D eigenvalue weighted by atomic mass is 32.2. The summed E-state index contributed by atoms with van der Waals surface area (Å²) in [7, 11) is -3.64. The van der Waals surface area contributed by atoms with E-state index in [2.05, 4.69) is 10.0 Å². The van der Waals surface area contributed by atoms with Gasteiger partial charge in [0.25, 0.3) is 5.91 Å². The van der Waals surface area contributed by atoms with Gasteiger partial charge in [-0.25, -0.2) is 13.1 Å². The quantitative estimate of drug-likeness (QED) is 0.764. The lowest BCUT2D eigenvalue weighted by Crippen LogP contribution is -2.30. The number of amides is 1. The summed E-state index contributed by atoms with van der Waals surface area (Å²) >= 11 is 0. The zero-order valence-corrected chi connectivity index (χ0v) is 16.5. The minimum absolute atomic E-state index is 0.0938. The van der Waals surface area contributed by atoms with Gasteiger partial charge in [-0.3, -0.25) is 4.79 Å². The zero-order chi connectivity index (χ0) is 19.4. The Morgan fingerprint density at radius 3 is 2.37 bits per heavy atom. The van der Waals surface area contributed by atoms with Gasteiger partial charge in [-0.05, 0) is 54.8 Å². The third kappa shape index (κ3) is 4.37. The molecule has 7 heteroatoms. The summed E-state index contributed by atoms with van der Waals surface area (Å²) in [6.45, 7) is 6.98. The summed E-state index contributed by atoms with van der Waals surface area (Å²) in [6, 6.07) is 12.1. The molecule has 6 nitrogen and oxygen atoms in total. The first-order valence-corrected chi connectivity index (χ1v) is 10.6. The SMILES string of the molecule is CCN(CC)C(=O)c1ccc(S(=O)(=O)NCc2ccc3c(c2)CNC3)cc1. The predicted octanol–water partition coefficient (Wildman–Crippen LogP) is 2.25. The van der Waals surface area contributed by atoms with Crippen LogP contribution in [0.2, 0.25) is 0 Å². The fourth-order valence-electron chi connectivity index (χ4n) is 3.19. The van der Waals surface area contributed by atoms with Crippen LogP contribution in [0, 0.1) is 0 Å². The molecular weight excluding hydrogens is 362 g/mol. The maximum absolute atomic E-state index is 12.5. The fourth-order valence-corrected chi connectivity index (χ4v) is 4.21. The van der Waals surface area contributed by atoms with Gasteiger partial charge in [-0.2, -0.15) is 0 Å². The van der Waals surface area contributed by atoms with Crippen LogP contribution in [-0.2, 0) is 29.7 Å². The molecule has 0 spiro atoms.